The average Bonchev–Trinajstić information content (AvgIpc) is 2.05. The van der Waals surface area contributed by atoms with Crippen LogP contribution in [0.5, 0.6) is 0 Å². The van der Waals surface area contributed by atoms with E-state index in [1.54, 1.807) is 6.92 Å². The van der Waals surface area contributed by atoms with Gasteiger partial charge in [-0.3, -0.25) is 4.79 Å². The fourth-order valence-electron chi connectivity index (χ4n) is 0.522. The van der Waals surface area contributed by atoms with Gasteiger partial charge in [0.2, 0.25) is 0 Å². The van der Waals surface area contributed by atoms with Crippen molar-refractivity contribution < 1.29 is 19.1 Å². The normalized spacial score (nSPS) is 10.2. The molecule has 0 rings (SSSR count). The minimum atomic E-state index is -0.829. The molecule has 0 fully saturated rings. The van der Waals surface area contributed by atoms with E-state index in [1.165, 1.54) is 13.2 Å². The summed E-state index contributed by atoms with van der Waals surface area (Å²) in [5.41, 5.74) is 0. The van der Waals surface area contributed by atoms with Gasteiger partial charge in [-0.25, -0.2) is 4.79 Å². The summed E-state index contributed by atoms with van der Waals surface area (Å²) in [6.45, 7) is 2.16. The Kier molecular flexibility index (Phi) is 5.91. The van der Waals surface area contributed by atoms with Crippen molar-refractivity contribution in [2.24, 2.45) is 0 Å². The van der Waals surface area contributed by atoms with Crippen LogP contribution in [0.25, 0.3) is 0 Å². The highest BCUT2D eigenvalue weighted by atomic mass is 16.5. The largest absolute Gasteiger partial charge is 0.460 e. The molecule has 68 valence electrons. The first-order valence-corrected chi connectivity index (χ1v) is 3.59. The van der Waals surface area contributed by atoms with Crippen molar-refractivity contribution in [3.63, 3.8) is 0 Å². The molecule has 12 heavy (non-hydrogen) atoms. The van der Waals surface area contributed by atoms with Crippen molar-refractivity contribution in [1.29, 1.82) is 0 Å². The van der Waals surface area contributed by atoms with Crippen molar-refractivity contribution in [3.8, 4) is 0 Å². The summed E-state index contributed by atoms with van der Waals surface area (Å²) in [5, 5.41) is 0. The third kappa shape index (κ3) is 4.62. The van der Waals surface area contributed by atoms with Gasteiger partial charge in [0.05, 0.1) is 13.2 Å². The average molecular weight is 172 g/mol. The zero-order valence-corrected chi connectivity index (χ0v) is 7.20. The molecule has 0 bridgehead atoms. The molecule has 0 saturated carbocycles. The predicted molar refractivity (Wildman–Crippen MR) is 42.7 cm³/mol. The van der Waals surface area contributed by atoms with Crippen LogP contribution in [-0.4, -0.2) is 32.1 Å². The molecule has 0 aliphatic rings. The fraction of sp³-hybridized carbons (Fsp3) is 0.500. The molecule has 0 heterocycles. The summed E-state index contributed by atoms with van der Waals surface area (Å²) in [7, 11) is 1.50. The van der Waals surface area contributed by atoms with Crippen LogP contribution in [0.4, 0.5) is 0 Å². The van der Waals surface area contributed by atoms with Crippen LogP contribution >= 0.6 is 0 Å². The monoisotopic (exact) mass is 172 g/mol. The van der Waals surface area contributed by atoms with Crippen molar-refractivity contribution in [3.05, 3.63) is 12.2 Å². The number of ether oxygens (including phenoxy) is 2. The maximum atomic E-state index is 10.8. The van der Waals surface area contributed by atoms with Gasteiger partial charge in [0, 0.05) is 7.11 Å². The van der Waals surface area contributed by atoms with Crippen LogP contribution in [0.15, 0.2) is 12.2 Å². The summed E-state index contributed by atoms with van der Waals surface area (Å²) >= 11 is 0. The van der Waals surface area contributed by atoms with Gasteiger partial charge >= 0.3 is 5.97 Å². The molecule has 0 atom stereocenters. The molecule has 0 saturated heterocycles. The summed E-state index contributed by atoms with van der Waals surface area (Å²) in [6.07, 6.45) is 2.60. The lowest BCUT2D eigenvalue weighted by atomic mass is 10.3. The number of hydrogen-bond donors (Lipinski definition) is 0. The summed E-state index contributed by atoms with van der Waals surface area (Å²) in [4.78, 5) is 21.5. The molecule has 0 aromatic heterocycles. The lowest BCUT2D eigenvalue weighted by Crippen LogP contribution is -2.14. The Morgan fingerprint density at radius 2 is 2.08 bits per heavy atom. The van der Waals surface area contributed by atoms with Gasteiger partial charge in [-0.1, -0.05) is 6.08 Å². The van der Waals surface area contributed by atoms with Crippen molar-refractivity contribution in [2.75, 3.05) is 20.3 Å². The first kappa shape index (κ1) is 10.8. The molecule has 0 aromatic rings. The molecule has 0 amide bonds. The molecule has 0 unspecified atom stereocenters. The third-order valence-corrected chi connectivity index (χ3v) is 1.01. The second-order valence-electron chi connectivity index (χ2n) is 1.94. The molecule has 4 heteroatoms. The number of hydrogen-bond acceptors (Lipinski definition) is 4. The molecular formula is C8H12O4. The number of ketones is 1. The molecule has 0 radical (unpaired) electrons. The quantitative estimate of drug-likeness (QED) is 0.340. The lowest BCUT2D eigenvalue weighted by molar-refractivity contribution is -0.151. The fourth-order valence-corrected chi connectivity index (χ4v) is 0.522. The summed E-state index contributed by atoms with van der Waals surface area (Å²) in [6, 6.07) is 0. The number of carbonyl (C=O) groups is 2. The van der Waals surface area contributed by atoms with Crippen LogP contribution < -0.4 is 0 Å². The van der Waals surface area contributed by atoms with E-state index in [0.717, 1.165) is 6.08 Å². The first-order valence-electron chi connectivity index (χ1n) is 3.59. The third-order valence-electron chi connectivity index (χ3n) is 1.01. The Bertz CT molecular complexity index is 183. The molecule has 0 aliphatic heterocycles. The minimum Gasteiger partial charge on any atom is -0.460 e. The van der Waals surface area contributed by atoms with Gasteiger partial charge in [0.25, 0.3) is 5.78 Å². The number of carbonyl (C=O) groups excluding carboxylic acids is 2. The number of rotatable bonds is 5. The highest BCUT2D eigenvalue weighted by molar-refractivity contribution is 6.38. The van der Waals surface area contributed by atoms with Gasteiger partial charge in [0.1, 0.15) is 0 Å². The van der Waals surface area contributed by atoms with Crippen molar-refractivity contribution in [1.82, 2.24) is 0 Å². The summed E-state index contributed by atoms with van der Waals surface area (Å²) < 4.78 is 9.09. The highest BCUT2D eigenvalue weighted by Gasteiger charge is 2.09. The molecule has 0 N–H and O–H groups in total. The molecule has 0 aliphatic carbocycles. The van der Waals surface area contributed by atoms with Gasteiger partial charge in [-0.15, -0.1) is 0 Å². The van der Waals surface area contributed by atoms with E-state index < -0.39 is 11.8 Å². The van der Waals surface area contributed by atoms with Crippen LogP contribution in [0.1, 0.15) is 6.92 Å². The Morgan fingerprint density at radius 3 is 2.58 bits per heavy atom. The van der Waals surface area contributed by atoms with Crippen molar-refractivity contribution in [2.45, 2.75) is 6.92 Å². The number of esters is 1. The topological polar surface area (TPSA) is 52.6 Å². The first-order chi connectivity index (χ1) is 5.72. The Balaban J connectivity index is 3.78. The molecule has 0 aromatic carbocycles. The highest BCUT2D eigenvalue weighted by Crippen LogP contribution is 1.84. The molecule has 0 spiro atoms. The SMILES string of the molecule is CCOC(=O)C(=O)/C=C/COC. The van der Waals surface area contributed by atoms with E-state index >= 15 is 0 Å². The maximum absolute atomic E-state index is 10.8. The van der Waals surface area contributed by atoms with Crippen LogP contribution in [-0.2, 0) is 19.1 Å². The molecule has 4 nitrogen and oxygen atoms in total. The smallest absolute Gasteiger partial charge is 0.378 e. The zero-order chi connectivity index (χ0) is 9.40. The Morgan fingerprint density at radius 1 is 1.42 bits per heavy atom. The van der Waals surface area contributed by atoms with Crippen LogP contribution in [0.2, 0.25) is 0 Å². The van der Waals surface area contributed by atoms with Crippen LogP contribution in [0, 0.1) is 0 Å². The van der Waals surface area contributed by atoms with E-state index in [9.17, 15) is 9.59 Å². The molecular weight excluding hydrogens is 160 g/mol. The Hall–Kier alpha value is -1.16. The standard InChI is InChI=1S/C8H12O4/c1-3-12-8(10)7(9)5-4-6-11-2/h4-5H,3,6H2,1-2H3/b5-4+. The van der Waals surface area contributed by atoms with E-state index in [4.69, 9.17) is 0 Å². The summed E-state index contributed by atoms with van der Waals surface area (Å²) in [5.74, 6) is -1.49. The van der Waals surface area contributed by atoms with E-state index in [1.807, 2.05) is 0 Å². The van der Waals surface area contributed by atoms with E-state index in [2.05, 4.69) is 9.47 Å². The van der Waals surface area contributed by atoms with E-state index in [0.29, 0.717) is 6.61 Å². The van der Waals surface area contributed by atoms with Crippen molar-refractivity contribution >= 4 is 11.8 Å². The van der Waals surface area contributed by atoms with Crippen LogP contribution in [0.3, 0.4) is 0 Å². The van der Waals surface area contributed by atoms with E-state index in [-0.39, 0.29) is 6.61 Å². The maximum Gasteiger partial charge on any atom is 0.378 e. The van der Waals surface area contributed by atoms with Gasteiger partial charge in [0.15, 0.2) is 0 Å². The zero-order valence-electron chi connectivity index (χ0n) is 7.20. The predicted octanol–water partition coefficient (Wildman–Crippen LogP) is 0.321. The Labute approximate surface area is 71.2 Å². The second-order valence-corrected chi connectivity index (χ2v) is 1.94. The van der Waals surface area contributed by atoms with Gasteiger partial charge < -0.3 is 9.47 Å². The van der Waals surface area contributed by atoms with Gasteiger partial charge in [-0.2, -0.15) is 0 Å². The lowest BCUT2D eigenvalue weighted by Gasteiger charge is -1.95. The second kappa shape index (κ2) is 6.54. The van der Waals surface area contributed by atoms with Gasteiger partial charge in [-0.05, 0) is 13.0 Å². The number of methoxy groups -OCH3 is 1. The minimum absolute atomic E-state index is 0.211.